The van der Waals surface area contributed by atoms with Crippen molar-refractivity contribution >= 4 is 30.4 Å². The second-order valence-electron chi connectivity index (χ2n) is 8.49. The number of halogens is 7. The number of carbonyl (C=O) groups is 3. The SMILES string of the molecule is C=CCNC(=O)C(O)C(N)CCC(F)(F)F.CC.CC(C)(C)OC(=O)NC(CCC(F)(F)F)C(O)C(=O)O.Cl. The number of carboxylic acids is 1. The van der Waals surface area contributed by atoms with E-state index in [0.29, 0.717) is 0 Å². The van der Waals surface area contributed by atoms with Crippen LogP contribution >= 0.6 is 12.4 Å². The monoisotopic (exact) mass is 607 g/mol. The highest BCUT2D eigenvalue weighted by Crippen LogP contribution is 2.24. The predicted octanol–water partition coefficient (Wildman–Crippen LogP) is 3.44. The minimum Gasteiger partial charge on any atom is -0.479 e. The molecule has 234 valence electrons. The first kappa shape index (κ1) is 43.7. The zero-order valence-corrected chi connectivity index (χ0v) is 23.2. The van der Waals surface area contributed by atoms with Crippen LogP contribution in [-0.2, 0) is 14.3 Å². The standard InChI is InChI=1S/C11H18F3NO5.C9H15F3N2O2.C2H6.ClH/c1-10(2,3)20-9(19)15-6(7(16)8(17)18)4-5-11(12,13)14;1-2-5-14-8(16)7(15)6(13)3-4-9(10,11)12;1-2;/h6-7,16H,4-5H2,1-3H3,(H,15,19)(H,17,18);2,6-7,15H,1,3-5,13H2,(H,14,16);1-2H3;1H. The summed E-state index contributed by atoms with van der Waals surface area (Å²) in [6, 6.07) is -2.82. The Morgan fingerprint density at radius 1 is 0.949 bits per heavy atom. The van der Waals surface area contributed by atoms with Crippen molar-refractivity contribution in [3.8, 4) is 0 Å². The van der Waals surface area contributed by atoms with E-state index in [1.54, 1.807) is 0 Å². The van der Waals surface area contributed by atoms with E-state index in [1.807, 2.05) is 19.2 Å². The summed E-state index contributed by atoms with van der Waals surface area (Å²) in [5.74, 6) is -2.53. The summed E-state index contributed by atoms with van der Waals surface area (Å²) >= 11 is 0. The number of nitrogens with two attached hydrogens (primary N) is 1. The Morgan fingerprint density at radius 3 is 1.74 bits per heavy atom. The smallest absolute Gasteiger partial charge is 0.407 e. The molecule has 0 aliphatic heterocycles. The van der Waals surface area contributed by atoms with Crippen LogP contribution in [0.4, 0.5) is 31.1 Å². The third-order valence-electron chi connectivity index (χ3n) is 3.93. The van der Waals surface area contributed by atoms with Crippen molar-refractivity contribution in [1.29, 1.82) is 0 Å². The average Bonchev–Trinajstić information content (AvgIpc) is 2.76. The molecule has 10 nitrogen and oxygen atoms in total. The average molecular weight is 608 g/mol. The number of nitrogens with one attached hydrogen (secondary N) is 2. The lowest BCUT2D eigenvalue weighted by molar-refractivity contribution is -0.152. The fourth-order valence-corrected chi connectivity index (χ4v) is 2.22. The molecule has 0 rings (SSSR count). The molecule has 0 bridgehead atoms. The summed E-state index contributed by atoms with van der Waals surface area (Å²) in [6.07, 6.45) is -16.1. The third-order valence-corrected chi connectivity index (χ3v) is 3.93. The zero-order valence-electron chi connectivity index (χ0n) is 22.4. The van der Waals surface area contributed by atoms with Crippen LogP contribution in [0.1, 0.15) is 60.3 Å². The van der Waals surface area contributed by atoms with E-state index in [1.165, 1.54) is 26.8 Å². The quantitative estimate of drug-likeness (QED) is 0.153. The number of ether oxygens (including phenoxy) is 1. The highest BCUT2D eigenvalue weighted by molar-refractivity contribution is 5.85. The van der Waals surface area contributed by atoms with Gasteiger partial charge in [0.2, 0.25) is 0 Å². The first-order valence-corrected chi connectivity index (χ1v) is 11.5. The third kappa shape index (κ3) is 27.1. The summed E-state index contributed by atoms with van der Waals surface area (Å²) in [7, 11) is 0. The maximum atomic E-state index is 12.1. The van der Waals surface area contributed by atoms with Gasteiger partial charge in [0.25, 0.3) is 5.91 Å². The Morgan fingerprint density at radius 2 is 1.38 bits per heavy atom. The van der Waals surface area contributed by atoms with Crippen LogP contribution in [0.5, 0.6) is 0 Å². The molecule has 0 spiro atoms. The van der Waals surface area contributed by atoms with Crippen LogP contribution in [0.2, 0.25) is 0 Å². The van der Waals surface area contributed by atoms with Gasteiger partial charge in [0.15, 0.2) is 6.10 Å². The van der Waals surface area contributed by atoms with E-state index in [2.05, 4.69) is 11.9 Å². The number of hydrogen-bond donors (Lipinski definition) is 6. The van der Waals surface area contributed by atoms with E-state index in [0.717, 1.165) is 0 Å². The highest BCUT2D eigenvalue weighted by atomic mass is 35.5. The number of carboxylic acid groups (broad SMARTS) is 1. The largest absolute Gasteiger partial charge is 0.479 e. The Balaban J connectivity index is -0.000000294. The molecule has 17 heteroatoms. The van der Waals surface area contributed by atoms with Gasteiger partial charge in [0, 0.05) is 25.4 Å². The van der Waals surface area contributed by atoms with Crippen molar-refractivity contribution in [1.82, 2.24) is 10.6 Å². The highest BCUT2D eigenvalue weighted by Gasteiger charge is 2.34. The summed E-state index contributed by atoms with van der Waals surface area (Å²) in [5.41, 5.74) is 4.36. The van der Waals surface area contributed by atoms with Gasteiger partial charge in [-0.15, -0.1) is 19.0 Å². The maximum Gasteiger partial charge on any atom is 0.407 e. The number of alkyl halides is 6. The lowest BCUT2D eigenvalue weighted by atomic mass is 10.1. The Labute approximate surface area is 229 Å². The molecule has 0 radical (unpaired) electrons. The van der Waals surface area contributed by atoms with Crippen molar-refractivity contribution in [3.63, 3.8) is 0 Å². The van der Waals surface area contributed by atoms with E-state index in [9.17, 15) is 50.9 Å². The lowest BCUT2D eigenvalue weighted by Gasteiger charge is -2.25. The second kappa shape index (κ2) is 20.6. The van der Waals surface area contributed by atoms with Crippen molar-refractivity contribution in [2.45, 2.75) is 103 Å². The molecule has 0 aromatic carbocycles. The summed E-state index contributed by atoms with van der Waals surface area (Å²) in [6.45, 7) is 12.1. The number of aliphatic hydroxyl groups excluding tert-OH is 2. The number of rotatable bonds is 11. The van der Waals surface area contributed by atoms with Crippen molar-refractivity contribution in [2.75, 3.05) is 6.54 Å². The van der Waals surface area contributed by atoms with Gasteiger partial charge in [-0.3, -0.25) is 4.79 Å². The van der Waals surface area contributed by atoms with Gasteiger partial charge >= 0.3 is 24.4 Å². The normalized spacial score (nSPS) is 14.3. The molecule has 0 saturated heterocycles. The second-order valence-corrected chi connectivity index (χ2v) is 8.49. The van der Waals surface area contributed by atoms with Gasteiger partial charge < -0.3 is 36.4 Å². The predicted molar refractivity (Wildman–Crippen MR) is 133 cm³/mol. The number of hydrogen-bond acceptors (Lipinski definition) is 7. The van der Waals surface area contributed by atoms with Gasteiger partial charge in [0.1, 0.15) is 11.7 Å². The molecule has 0 saturated carbocycles. The van der Waals surface area contributed by atoms with Crippen LogP contribution in [0.3, 0.4) is 0 Å². The van der Waals surface area contributed by atoms with Gasteiger partial charge in [-0.25, -0.2) is 9.59 Å². The Hall–Kier alpha value is -2.30. The Kier molecular flexibility index (Phi) is 23.1. The molecule has 4 atom stereocenters. The summed E-state index contributed by atoms with van der Waals surface area (Å²) in [4.78, 5) is 33.1. The first-order valence-electron chi connectivity index (χ1n) is 11.5. The Bertz CT molecular complexity index is 720. The lowest BCUT2D eigenvalue weighted by Crippen LogP contribution is -2.48. The van der Waals surface area contributed by atoms with E-state index < -0.39 is 85.9 Å². The first-order chi connectivity index (χ1) is 17.1. The van der Waals surface area contributed by atoms with Crippen molar-refractivity contribution < 1.29 is 60.8 Å². The minimum absolute atomic E-state index is 0. The molecule has 0 aromatic heterocycles. The van der Waals surface area contributed by atoms with E-state index >= 15 is 0 Å². The number of alkyl carbamates (subject to hydrolysis) is 1. The summed E-state index contributed by atoms with van der Waals surface area (Å²) < 4.78 is 76.6. The van der Waals surface area contributed by atoms with Crippen LogP contribution in [0.25, 0.3) is 0 Å². The molecular weight excluding hydrogens is 568 g/mol. The molecule has 0 aliphatic rings. The van der Waals surface area contributed by atoms with E-state index in [-0.39, 0.29) is 19.0 Å². The van der Waals surface area contributed by atoms with Crippen molar-refractivity contribution in [3.05, 3.63) is 12.7 Å². The van der Waals surface area contributed by atoms with Gasteiger partial charge in [0.05, 0.1) is 6.04 Å². The van der Waals surface area contributed by atoms with Gasteiger partial charge in [-0.05, 0) is 33.6 Å². The fraction of sp³-hybridized carbons (Fsp3) is 0.773. The van der Waals surface area contributed by atoms with Crippen LogP contribution in [0.15, 0.2) is 12.7 Å². The van der Waals surface area contributed by atoms with Crippen LogP contribution in [0, 0.1) is 0 Å². The molecule has 2 amide bonds. The molecule has 0 fully saturated rings. The number of amides is 2. The van der Waals surface area contributed by atoms with Gasteiger partial charge in [-0.2, -0.15) is 26.3 Å². The molecule has 7 N–H and O–H groups in total. The molecule has 4 unspecified atom stereocenters. The van der Waals surface area contributed by atoms with Crippen LogP contribution < -0.4 is 16.4 Å². The fourth-order valence-electron chi connectivity index (χ4n) is 2.22. The topological polar surface area (TPSA) is 171 Å². The van der Waals surface area contributed by atoms with Crippen molar-refractivity contribution in [2.24, 2.45) is 5.73 Å². The molecule has 0 aliphatic carbocycles. The number of aliphatic carboxylic acids is 1. The van der Waals surface area contributed by atoms with E-state index in [4.69, 9.17) is 15.6 Å². The maximum absolute atomic E-state index is 12.1. The molecule has 0 heterocycles. The molecule has 39 heavy (non-hydrogen) atoms. The molecule has 0 aromatic rings. The minimum atomic E-state index is -4.52. The molecular formula is C22H40ClF6N3O7. The summed E-state index contributed by atoms with van der Waals surface area (Å²) in [5, 5.41) is 31.3. The number of aliphatic hydroxyl groups is 2. The zero-order chi connectivity index (χ0) is 30.9. The van der Waals surface area contributed by atoms with Gasteiger partial charge in [-0.1, -0.05) is 19.9 Å². The van der Waals surface area contributed by atoms with Crippen LogP contribution in [-0.4, -0.2) is 82.1 Å². The number of carbonyl (C=O) groups excluding carboxylic acids is 2.